The van der Waals surface area contributed by atoms with Gasteiger partial charge in [0.2, 0.25) is 0 Å². The minimum Gasteiger partial charge on any atom is -0.494 e. The Hall–Kier alpha value is -1.22. The van der Waals surface area contributed by atoms with Crippen LogP contribution in [0.2, 0.25) is 10.0 Å². The van der Waals surface area contributed by atoms with E-state index in [0.717, 1.165) is 23.3 Å². The first-order valence-electron chi connectivity index (χ1n) is 7.03. The van der Waals surface area contributed by atoms with Gasteiger partial charge in [-0.1, -0.05) is 48.3 Å². The van der Waals surface area contributed by atoms with Crippen LogP contribution in [0, 0.1) is 0 Å². The van der Waals surface area contributed by atoms with Gasteiger partial charge in [-0.2, -0.15) is 0 Å². The predicted molar refractivity (Wildman–Crippen MR) is 89.3 cm³/mol. The zero-order valence-corrected chi connectivity index (χ0v) is 13.5. The molecule has 1 unspecified atom stereocenters. The topological polar surface area (TPSA) is 35.2 Å². The van der Waals surface area contributed by atoms with Crippen LogP contribution in [0.15, 0.2) is 42.5 Å². The first-order valence-corrected chi connectivity index (χ1v) is 7.78. The Morgan fingerprint density at radius 3 is 2.43 bits per heavy atom. The van der Waals surface area contributed by atoms with Crippen molar-refractivity contribution in [2.24, 2.45) is 5.73 Å². The minimum absolute atomic E-state index is 0.174. The van der Waals surface area contributed by atoms with Crippen LogP contribution in [0.4, 0.5) is 0 Å². The molecule has 0 aromatic heterocycles. The Labute approximate surface area is 135 Å². The number of halogens is 2. The van der Waals surface area contributed by atoms with E-state index in [9.17, 15) is 0 Å². The number of hydrogen-bond donors (Lipinski definition) is 1. The summed E-state index contributed by atoms with van der Waals surface area (Å²) in [5, 5.41) is 1.30. The third kappa shape index (κ3) is 4.37. The highest BCUT2D eigenvalue weighted by molar-refractivity contribution is 6.36. The predicted octanol–water partition coefficient (Wildman–Crippen LogP) is 5.02. The maximum Gasteiger partial charge on any atom is 0.119 e. The van der Waals surface area contributed by atoms with E-state index in [0.29, 0.717) is 23.1 Å². The van der Waals surface area contributed by atoms with Crippen molar-refractivity contribution in [3.05, 3.63) is 63.6 Å². The summed E-state index contributed by atoms with van der Waals surface area (Å²) in [5.74, 6) is 0.843. The van der Waals surface area contributed by atoms with Crippen molar-refractivity contribution in [1.82, 2.24) is 0 Å². The standard InChI is InChI=1S/C17H19Cl2NO/c1-2-9-21-13-6-3-5-12(10-13)17(20)11-14-15(18)7-4-8-16(14)19/h3-8,10,17H,2,9,11,20H2,1H3. The Morgan fingerprint density at radius 1 is 1.10 bits per heavy atom. The van der Waals surface area contributed by atoms with E-state index in [1.807, 2.05) is 42.5 Å². The fraction of sp³-hybridized carbons (Fsp3) is 0.294. The maximum absolute atomic E-state index is 6.29. The highest BCUT2D eigenvalue weighted by Crippen LogP contribution is 2.29. The summed E-state index contributed by atoms with van der Waals surface area (Å²) in [4.78, 5) is 0. The monoisotopic (exact) mass is 323 g/mol. The van der Waals surface area contributed by atoms with Crippen molar-refractivity contribution in [2.45, 2.75) is 25.8 Å². The molecule has 0 aliphatic rings. The van der Waals surface area contributed by atoms with Crippen molar-refractivity contribution in [1.29, 1.82) is 0 Å². The summed E-state index contributed by atoms with van der Waals surface area (Å²) >= 11 is 12.4. The molecular formula is C17H19Cl2NO. The van der Waals surface area contributed by atoms with Crippen molar-refractivity contribution < 1.29 is 4.74 Å². The second kappa shape index (κ2) is 7.69. The van der Waals surface area contributed by atoms with E-state index in [4.69, 9.17) is 33.7 Å². The number of rotatable bonds is 6. The largest absolute Gasteiger partial charge is 0.494 e. The Morgan fingerprint density at radius 2 is 1.76 bits per heavy atom. The summed E-state index contributed by atoms with van der Waals surface area (Å²) in [5.41, 5.74) is 8.19. The summed E-state index contributed by atoms with van der Waals surface area (Å²) in [6.45, 7) is 2.78. The molecule has 2 aromatic carbocycles. The molecule has 0 heterocycles. The summed E-state index contributed by atoms with van der Waals surface area (Å²) < 4.78 is 5.64. The Balaban J connectivity index is 2.14. The second-order valence-electron chi connectivity index (χ2n) is 4.93. The van der Waals surface area contributed by atoms with E-state index in [1.54, 1.807) is 0 Å². The quantitative estimate of drug-likeness (QED) is 0.809. The van der Waals surface area contributed by atoms with Gasteiger partial charge in [0.15, 0.2) is 0 Å². The molecule has 0 fully saturated rings. The van der Waals surface area contributed by atoms with Gasteiger partial charge in [-0.25, -0.2) is 0 Å². The zero-order chi connectivity index (χ0) is 15.2. The van der Waals surface area contributed by atoms with E-state index >= 15 is 0 Å². The fourth-order valence-corrected chi connectivity index (χ4v) is 2.67. The van der Waals surface area contributed by atoms with E-state index in [1.165, 1.54) is 0 Å². The molecule has 0 saturated heterocycles. The molecule has 21 heavy (non-hydrogen) atoms. The zero-order valence-electron chi connectivity index (χ0n) is 12.0. The lowest BCUT2D eigenvalue weighted by atomic mass is 9.99. The smallest absolute Gasteiger partial charge is 0.119 e. The Kier molecular flexibility index (Phi) is 5.92. The van der Waals surface area contributed by atoms with Gasteiger partial charge < -0.3 is 10.5 Å². The van der Waals surface area contributed by atoms with Crippen molar-refractivity contribution in [3.8, 4) is 5.75 Å². The van der Waals surface area contributed by atoms with Crippen molar-refractivity contribution in [2.75, 3.05) is 6.61 Å². The molecule has 0 spiro atoms. The number of benzene rings is 2. The van der Waals surface area contributed by atoms with Crippen molar-refractivity contribution in [3.63, 3.8) is 0 Å². The highest BCUT2D eigenvalue weighted by Gasteiger charge is 2.13. The number of ether oxygens (including phenoxy) is 1. The summed E-state index contributed by atoms with van der Waals surface area (Å²) in [6.07, 6.45) is 1.57. The molecule has 2 nitrogen and oxygen atoms in total. The fourth-order valence-electron chi connectivity index (χ4n) is 2.12. The van der Waals surface area contributed by atoms with Gasteiger partial charge in [0.1, 0.15) is 5.75 Å². The normalized spacial score (nSPS) is 12.2. The molecule has 0 bridgehead atoms. The molecule has 0 saturated carbocycles. The molecule has 2 N–H and O–H groups in total. The van der Waals surface area contributed by atoms with Crippen LogP contribution in [0.25, 0.3) is 0 Å². The molecule has 0 aliphatic heterocycles. The van der Waals surface area contributed by atoms with Gasteiger partial charge in [0, 0.05) is 16.1 Å². The van der Waals surface area contributed by atoms with Crippen LogP contribution >= 0.6 is 23.2 Å². The van der Waals surface area contributed by atoms with Crippen LogP contribution in [0.5, 0.6) is 5.75 Å². The first kappa shape index (κ1) is 16.2. The third-order valence-electron chi connectivity index (χ3n) is 3.24. The molecule has 2 rings (SSSR count). The maximum atomic E-state index is 6.29. The van der Waals surface area contributed by atoms with Crippen molar-refractivity contribution >= 4 is 23.2 Å². The molecule has 1 atom stereocenters. The SMILES string of the molecule is CCCOc1cccc(C(N)Cc2c(Cl)cccc2Cl)c1. The average Bonchev–Trinajstić information content (AvgIpc) is 2.49. The average molecular weight is 324 g/mol. The number of nitrogens with two attached hydrogens (primary N) is 1. The summed E-state index contributed by atoms with van der Waals surface area (Å²) in [7, 11) is 0. The highest BCUT2D eigenvalue weighted by atomic mass is 35.5. The lowest BCUT2D eigenvalue weighted by Gasteiger charge is -2.15. The van der Waals surface area contributed by atoms with Crippen LogP contribution in [0.1, 0.15) is 30.5 Å². The lowest BCUT2D eigenvalue weighted by Crippen LogP contribution is -2.14. The molecule has 2 aromatic rings. The molecule has 4 heteroatoms. The van der Waals surface area contributed by atoms with Gasteiger partial charge in [0.05, 0.1) is 6.61 Å². The molecule has 0 amide bonds. The van der Waals surface area contributed by atoms with Gasteiger partial charge in [-0.15, -0.1) is 0 Å². The second-order valence-corrected chi connectivity index (χ2v) is 5.75. The molecule has 112 valence electrons. The van der Waals surface area contributed by atoms with Crippen LogP contribution < -0.4 is 10.5 Å². The van der Waals surface area contributed by atoms with Crippen LogP contribution in [0.3, 0.4) is 0 Å². The van der Waals surface area contributed by atoms with Gasteiger partial charge in [0.25, 0.3) is 0 Å². The van der Waals surface area contributed by atoms with E-state index in [-0.39, 0.29) is 6.04 Å². The molecule has 0 radical (unpaired) electrons. The number of hydrogen-bond acceptors (Lipinski definition) is 2. The van der Waals surface area contributed by atoms with E-state index < -0.39 is 0 Å². The first-order chi connectivity index (χ1) is 10.1. The summed E-state index contributed by atoms with van der Waals surface area (Å²) in [6, 6.07) is 13.2. The Bertz CT molecular complexity index is 581. The molecule has 0 aliphatic carbocycles. The van der Waals surface area contributed by atoms with Gasteiger partial charge in [-0.3, -0.25) is 0 Å². The molecular weight excluding hydrogens is 305 g/mol. The van der Waals surface area contributed by atoms with Gasteiger partial charge >= 0.3 is 0 Å². The third-order valence-corrected chi connectivity index (χ3v) is 3.95. The minimum atomic E-state index is -0.174. The van der Waals surface area contributed by atoms with Crippen LogP contribution in [-0.2, 0) is 6.42 Å². The van der Waals surface area contributed by atoms with Gasteiger partial charge in [-0.05, 0) is 48.2 Å². The van der Waals surface area contributed by atoms with E-state index in [2.05, 4.69) is 6.92 Å². The van der Waals surface area contributed by atoms with Crippen LogP contribution in [-0.4, -0.2) is 6.61 Å². The lowest BCUT2D eigenvalue weighted by molar-refractivity contribution is 0.317.